The molecule has 3 aromatic carbocycles. The molecule has 2 atom stereocenters. The minimum Gasteiger partial charge on any atom is -0.495 e. The molecular formula is C27H21NO5. The molecule has 1 saturated heterocycles. The van der Waals surface area contributed by atoms with E-state index in [1.807, 2.05) is 48.5 Å². The molecule has 0 unspecified atom stereocenters. The minimum atomic E-state index is -1.37. The largest absolute Gasteiger partial charge is 0.495 e. The zero-order valence-electron chi connectivity index (χ0n) is 18.1. The number of carbonyl (C=O) groups excluding carboxylic acids is 3. The summed E-state index contributed by atoms with van der Waals surface area (Å²) in [6.45, 7) is 1.34. The number of carbonyl (C=O) groups is 3. The van der Waals surface area contributed by atoms with Gasteiger partial charge in [-0.1, -0.05) is 60.7 Å². The van der Waals surface area contributed by atoms with Crippen LogP contribution >= 0.6 is 0 Å². The summed E-state index contributed by atoms with van der Waals surface area (Å²) in [5, 5.41) is 0. The lowest BCUT2D eigenvalue weighted by molar-refractivity contribution is -0.167. The van der Waals surface area contributed by atoms with Crippen LogP contribution in [-0.2, 0) is 24.7 Å². The van der Waals surface area contributed by atoms with Gasteiger partial charge < -0.3 is 9.47 Å². The van der Waals surface area contributed by atoms with Crippen molar-refractivity contribution in [2.75, 3.05) is 12.0 Å². The molecular weight excluding hydrogens is 418 g/mol. The molecule has 1 heterocycles. The number of nitrogens with zero attached hydrogens (tertiary/aromatic N) is 1. The molecule has 7 rings (SSSR count). The van der Waals surface area contributed by atoms with Gasteiger partial charge in [0.1, 0.15) is 5.75 Å². The zero-order chi connectivity index (χ0) is 22.9. The fraction of sp³-hybridized carbons (Fsp3) is 0.222. The van der Waals surface area contributed by atoms with Crippen LogP contribution in [0.2, 0.25) is 0 Å². The monoisotopic (exact) mass is 439 g/mol. The summed E-state index contributed by atoms with van der Waals surface area (Å²) in [5.41, 5.74) is 2.40. The van der Waals surface area contributed by atoms with Crippen LogP contribution in [0.25, 0.3) is 0 Å². The molecule has 1 aliphatic heterocycles. The van der Waals surface area contributed by atoms with Crippen molar-refractivity contribution in [1.82, 2.24) is 0 Å². The summed E-state index contributed by atoms with van der Waals surface area (Å²) in [7, 11) is 1.51. The van der Waals surface area contributed by atoms with E-state index in [1.54, 1.807) is 24.3 Å². The Hall–Kier alpha value is -3.93. The van der Waals surface area contributed by atoms with Crippen LogP contribution in [0.1, 0.15) is 35.1 Å². The summed E-state index contributed by atoms with van der Waals surface area (Å²) in [6, 6.07) is 22.3. The normalized spacial score (nSPS) is 26.5. The molecule has 3 aliphatic carbocycles. The van der Waals surface area contributed by atoms with Crippen LogP contribution in [0, 0.1) is 11.8 Å². The van der Waals surface area contributed by atoms with E-state index in [1.165, 1.54) is 18.9 Å². The van der Waals surface area contributed by atoms with Crippen LogP contribution < -0.4 is 9.64 Å². The fourth-order valence-electron chi connectivity index (χ4n) is 6.15. The van der Waals surface area contributed by atoms with Crippen LogP contribution in [-0.4, -0.2) is 24.9 Å². The van der Waals surface area contributed by atoms with E-state index in [9.17, 15) is 14.4 Å². The van der Waals surface area contributed by atoms with Gasteiger partial charge >= 0.3 is 5.97 Å². The molecule has 33 heavy (non-hydrogen) atoms. The lowest BCUT2D eigenvalue weighted by Crippen LogP contribution is -2.55. The van der Waals surface area contributed by atoms with Crippen molar-refractivity contribution in [3.8, 4) is 5.75 Å². The summed E-state index contributed by atoms with van der Waals surface area (Å²) < 4.78 is 11.6. The first-order chi connectivity index (χ1) is 16.0. The lowest BCUT2D eigenvalue weighted by atomic mass is 9.52. The van der Waals surface area contributed by atoms with Crippen LogP contribution in [0.4, 0.5) is 5.69 Å². The summed E-state index contributed by atoms with van der Waals surface area (Å²) in [4.78, 5) is 41.7. The Morgan fingerprint density at radius 3 is 2.03 bits per heavy atom. The SMILES string of the molecule is COc1ccccc1N1C(=O)[C@H]2C3c4ccccc4C(OC(C)=O)(c4ccccc43)[C@H]2C1=O. The molecule has 6 nitrogen and oxygen atoms in total. The van der Waals surface area contributed by atoms with Crippen LogP contribution in [0.3, 0.4) is 0 Å². The topological polar surface area (TPSA) is 72.9 Å². The van der Waals surface area contributed by atoms with Crippen LogP contribution in [0.15, 0.2) is 72.8 Å². The van der Waals surface area contributed by atoms with Gasteiger partial charge in [0, 0.05) is 24.0 Å². The number of benzene rings is 3. The first-order valence-electron chi connectivity index (χ1n) is 10.9. The second-order valence-corrected chi connectivity index (χ2v) is 8.67. The highest BCUT2D eigenvalue weighted by atomic mass is 16.6. The number of rotatable bonds is 3. The van der Waals surface area contributed by atoms with Crippen molar-refractivity contribution in [3.63, 3.8) is 0 Å². The zero-order valence-corrected chi connectivity index (χ0v) is 18.1. The average Bonchev–Trinajstić information content (AvgIpc) is 3.10. The molecule has 0 N–H and O–H groups in total. The van der Waals surface area contributed by atoms with Gasteiger partial charge in [0.2, 0.25) is 11.8 Å². The van der Waals surface area contributed by atoms with E-state index in [4.69, 9.17) is 9.47 Å². The molecule has 0 spiro atoms. The molecule has 2 bridgehead atoms. The van der Waals surface area contributed by atoms with E-state index in [0.29, 0.717) is 11.4 Å². The number of para-hydroxylation sites is 2. The molecule has 3 aromatic rings. The van der Waals surface area contributed by atoms with Crippen molar-refractivity contribution < 1.29 is 23.9 Å². The molecule has 6 heteroatoms. The molecule has 0 aromatic heterocycles. The van der Waals surface area contributed by atoms with Gasteiger partial charge in [-0.3, -0.25) is 14.4 Å². The summed E-state index contributed by atoms with van der Waals surface area (Å²) in [6.07, 6.45) is 0. The number of hydrogen-bond donors (Lipinski definition) is 0. The molecule has 2 amide bonds. The number of amides is 2. The number of esters is 1. The number of imide groups is 1. The molecule has 0 saturated carbocycles. The second-order valence-electron chi connectivity index (χ2n) is 8.67. The van der Waals surface area contributed by atoms with Gasteiger partial charge in [-0.15, -0.1) is 0 Å². The standard InChI is InChI=1S/C27H21NO5/c1-15(29)33-27-18-11-5-3-9-16(18)22(17-10-4-6-12-19(17)27)23-24(27)26(31)28(25(23)30)20-13-7-8-14-21(20)32-2/h3-14,22-24H,1-2H3/t22?,23-,24+,27?/m0/s1. The van der Waals surface area contributed by atoms with Crippen molar-refractivity contribution in [2.24, 2.45) is 11.8 Å². The van der Waals surface area contributed by atoms with Gasteiger partial charge in [-0.2, -0.15) is 0 Å². The predicted molar refractivity (Wildman–Crippen MR) is 120 cm³/mol. The van der Waals surface area contributed by atoms with E-state index in [2.05, 4.69) is 0 Å². The fourth-order valence-corrected chi connectivity index (χ4v) is 6.15. The lowest BCUT2D eigenvalue weighted by Gasteiger charge is -2.52. The highest BCUT2D eigenvalue weighted by Crippen LogP contribution is 2.64. The van der Waals surface area contributed by atoms with Crippen molar-refractivity contribution >= 4 is 23.5 Å². The first kappa shape index (κ1) is 19.7. The minimum absolute atomic E-state index is 0.306. The highest BCUT2D eigenvalue weighted by Gasteiger charge is 2.70. The van der Waals surface area contributed by atoms with Crippen molar-refractivity contribution in [2.45, 2.75) is 18.4 Å². The van der Waals surface area contributed by atoms with Crippen molar-refractivity contribution in [1.29, 1.82) is 0 Å². The number of anilines is 1. The molecule has 164 valence electrons. The van der Waals surface area contributed by atoms with Crippen molar-refractivity contribution in [3.05, 3.63) is 95.1 Å². The third-order valence-corrected chi connectivity index (χ3v) is 7.17. The van der Waals surface area contributed by atoms with Crippen LogP contribution in [0.5, 0.6) is 5.75 Å². The van der Waals surface area contributed by atoms with E-state index < -0.39 is 23.4 Å². The second kappa shape index (κ2) is 6.78. The van der Waals surface area contributed by atoms with E-state index >= 15 is 0 Å². The Kier molecular flexibility index (Phi) is 4.06. The van der Waals surface area contributed by atoms with Gasteiger partial charge in [-0.05, 0) is 23.3 Å². The van der Waals surface area contributed by atoms with Gasteiger partial charge in [0.05, 0.1) is 24.6 Å². The van der Waals surface area contributed by atoms with Gasteiger partial charge in [-0.25, -0.2) is 4.90 Å². The Morgan fingerprint density at radius 1 is 0.848 bits per heavy atom. The number of methoxy groups -OCH3 is 1. The maximum absolute atomic E-state index is 14.1. The Labute approximate surface area is 190 Å². The molecule has 0 radical (unpaired) electrons. The third-order valence-electron chi connectivity index (χ3n) is 7.17. The quantitative estimate of drug-likeness (QED) is 0.459. The van der Waals surface area contributed by atoms with E-state index in [-0.39, 0.29) is 17.7 Å². The number of ether oxygens (including phenoxy) is 2. The molecule has 4 aliphatic rings. The Bertz CT molecular complexity index is 1300. The third kappa shape index (κ3) is 2.35. The Morgan fingerprint density at radius 2 is 1.42 bits per heavy atom. The van der Waals surface area contributed by atoms with Gasteiger partial charge in [0.15, 0.2) is 5.60 Å². The highest BCUT2D eigenvalue weighted by molar-refractivity contribution is 6.24. The maximum atomic E-state index is 14.1. The van der Waals surface area contributed by atoms with E-state index in [0.717, 1.165) is 22.3 Å². The first-order valence-corrected chi connectivity index (χ1v) is 10.9. The summed E-state index contributed by atoms with van der Waals surface area (Å²) in [5.74, 6) is -2.63. The summed E-state index contributed by atoms with van der Waals surface area (Å²) >= 11 is 0. The Balaban J connectivity index is 1.66. The number of hydrogen-bond acceptors (Lipinski definition) is 5. The smallest absolute Gasteiger partial charge is 0.303 e. The predicted octanol–water partition coefficient (Wildman–Crippen LogP) is 3.77. The molecule has 1 fully saturated rings. The average molecular weight is 439 g/mol. The van der Waals surface area contributed by atoms with Gasteiger partial charge in [0.25, 0.3) is 0 Å². The maximum Gasteiger partial charge on any atom is 0.303 e.